The highest BCUT2D eigenvalue weighted by Gasteiger charge is 2.41. The van der Waals surface area contributed by atoms with Gasteiger partial charge in [0.1, 0.15) is 0 Å². The molecule has 0 aromatic carbocycles. The molecular formula is C14H26N2O2. The number of nitrogens with zero attached hydrogens (tertiary/aromatic N) is 1. The van der Waals surface area contributed by atoms with Gasteiger partial charge in [0.25, 0.3) is 0 Å². The summed E-state index contributed by atoms with van der Waals surface area (Å²) in [5, 5.41) is 0. The Morgan fingerprint density at radius 1 is 1.39 bits per heavy atom. The summed E-state index contributed by atoms with van der Waals surface area (Å²) in [6, 6.07) is 0.0184. The van der Waals surface area contributed by atoms with Crippen molar-refractivity contribution in [1.82, 2.24) is 4.90 Å². The first-order valence-corrected chi connectivity index (χ1v) is 7.08. The van der Waals surface area contributed by atoms with Crippen LogP contribution in [0.2, 0.25) is 0 Å². The Morgan fingerprint density at radius 2 is 2.11 bits per heavy atom. The van der Waals surface area contributed by atoms with E-state index in [0.717, 1.165) is 19.3 Å². The number of ether oxygens (including phenoxy) is 1. The maximum absolute atomic E-state index is 12.7. The minimum atomic E-state index is -0.199. The van der Waals surface area contributed by atoms with Crippen molar-refractivity contribution in [3.63, 3.8) is 0 Å². The van der Waals surface area contributed by atoms with Crippen molar-refractivity contribution in [2.45, 2.75) is 51.6 Å². The molecule has 2 fully saturated rings. The molecule has 0 aromatic rings. The van der Waals surface area contributed by atoms with Crippen LogP contribution in [-0.4, -0.2) is 42.1 Å². The molecule has 1 aliphatic heterocycles. The molecule has 0 bridgehead atoms. The van der Waals surface area contributed by atoms with Gasteiger partial charge < -0.3 is 15.4 Å². The van der Waals surface area contributed by atoms with E-state index >= 15 is 0 Å². The van der Waals surface area contributed by atoms with Gasteiger partial charge in [-0.2, -0.15) is 0 Å². The Morgan fingerprint density at radius 3 is 2.78 bits per heavy atom. The Balaban J connectivity index is 2.10. The van der Waals surface area contributed by atoms with E-state index in [1.807, 2.05) is 4.90 Å². The number of amides is 1. The second kappa shape index (κ2) is 5.17. The molecule has 4 heteroatoms. The number of hydrogen-bond acceptors (Lipinski definition) is 3. The zero-order chi connectivity index (χ0) is 13.3. The Kier molecular flexibility index (Phi) is 3.97. The lowest BCUT2D eigenvalue weighted by Gasteiger charge is -2.45. The Labute approximate surface area is 110 Å². The lowest BCUT2D eigenvalue weighted by molar-refractivity contribution is -0.153. The van der Waals surface area contributed by atoms with Gasteiger partial charge in [0.05, 0.1) is 24.7 Å². The molecule has 0 aromatic heterocycles. The fourth-order valence-electron chi connectivity index (χ4n) is 3.20. The molecule has 1 saturated carbocycles. The SMILES string of the molecule is CC1CCCC(C(=O)N2CCOCC2(C)C)C1N. The van der Waals surface area contributed by atoms with Crippen LogP contribution in [0.1, 0.15) is 40.0 Å². The second-order valence-corrected chi connectivity index (χ2v) is 6.45. The Hall–Kier alpha value is -0.610. The van der Waals surface area contributed by atoms with E-state index in [4.69, 9.17) is 10.5 Å². The fraction of sp³-hybridized carbons (Fsp3) is 0.929. The first-order valence-electron chi connectivity index (χ1n) is 7.08. The van der Waals surface area contributed by atoms with E-state index in [1.165, 1.54) is 0 Å². The standard InChI is InChI=1S/C14H26N2O2/c1-10-5-4-6-11(12(10)15)13(17)16-7-8-18-9-14(16,2)3/h10-12H,4-9,15H2,1-3H3. The van der Waals surface area contributed by atoms with Crippen molar-refractivity contribution < 1.29 is 9.53 Å². The average Bonchev–Trinajstić information content (AvgIpc) is 2.31. The number of carbonyl (C=O) groups excluding carboxylic acids is 1. The molecule has 0 radical (unpaired) electrons. The first kappa shape index (κ1) is 13.8. The summed E-state index contributed by atoms with van der Waals surface area (Å²) in [5.74, 6) is 0.699. The summed E-state index contributed by atoms with van der Waals surface area (Å²) in [7, 11) is 0. The average molecular weight is 254 g/mol. The third-order valence-corrected chi connectivity index (χ3v) is 4.52. The summed E-state index contributed by atoms with van der Waals surface area (Å²) < 4.78 is 5.48. The molecular weight excluding hydrogens is 228 g/mol. The van der Waals surface area contributed by atoms with Crippen LogP contribution in [-0.2, 0) is 9.53 Å². The van der Waals surface area contributed by atoms with E-state index in [1.54, 1.807) is 0 Å². The second-order valence-electron chi connectivity index (χ2n) is 6.45. The number of nitrogens with two attached hydrogens (primary N) is 1. The van der Waals surface area contributed by atoms with Gasteiger partial charge in [0.15, 0.2) is 0 Å². The van der Waals surface area contributed by atoms with Crippen molar-refractivity contribution in [3.8, 4) is 0 Å². The molecule has 1 saturated heterocycles. The predicted octanol–water partition coefficient (Wildman–Crippen LogP) is 1.39. The normalized spacial score (nSPS) is 36.4. The number of hydrogen-bond donors (Lipinski definition) is 1. The molecule has 1 heterocycles. The van der Waals surface area contributed by atoms with Crippen LogP contribution >= 0.6 is 0 Å². The maximum Gasteiger partial charge on any atom is 0.227 e. The number of carbonyl (C=O) groups is 1. The van der Waals surface area contributed by atoms with Gasteiger partial charge in [-0.3, -0.25) is 4.79 Å². The van der Waals surface area contributed by atoms with E-state index in [9.17, 15) is 4.79 Å². The van der Waals surface area contributed by atoms with Gasteiger partial charge in [-0.25, -0.2) is 0 Å². The van der Waals surface area contributed by atoms with Gasteiger partial charge in [0.2, 0.25) is 5.91 Å². The zero-order valence-corrected chi connectivity index (χ0v) is 11.8. The summed E-state index contributed by atoms with van der Waals surface area (Å²) in [4.78, 5) is 14.7. The highest BCUT2D eigenvalue weighted by molar-refractivity contribution is 5.80. The van der Waals surface area contributed by atoms with Crippen LogP contribution in [0, 0.1) is 11.8 Å². The largest absolute Gasteiger partial charge is 0.377 e. The summed E-state index contributed by atoms with van der Waals surface area (Å²) in [6.07, 6.45) is 3.21. The van der Waals surface area contributed by atoms with Crippen LogP contribution in [0.4, 0.5) is 0 Å². The van der Waals surface area contributed by atoms with Crippen LogP contribution in [0.3, 0.4) is 0 Å². The third kappa shape index (κ3) is 2.54. The minimum Gasteiger partial charge on any atom is -0.377 e. The molecule has 104 valence electrons. The highest BCUT2D eigenvalue weighted by Crippen LogP contribution is 2.31. The molecule has 3 atom stereocenters. The molecule has 18 heavy (non-hydrogen) atoms. The van der Waals surface area contributed by atoms with Crippen molar-refractivity contribution >= 4 is 5.91 Å². The third-order valence-electron chi connectivity index (χ3n) is 4.52. The maximum atomic E-state index is 12.7. The van der Waals surface area contributed by atoms with Crippen LogP contribution < -0.4 is 5.73 Å². The van der Waals surface area contributed by atoms with E-state index in [-0.39, 0.29) is 23.4 Å². The van der Waals surface area contributed by atoms with E-state index < -0.39 is 0 Å². The Bertz CT molecular complexity index is 317. The topological polar surface area (TPSA) is 55.6 Å². The number of rotatable bonds is 1. The monoisotopic (exact) mass is 254 g/mol. The fourth-order valence-corrected chi connectivity index (χ4v) is 3.20. The summed E-state index contributed by atoms with van der Waals surface area (Å²) >= 11 is 0. The van der Waals surface area contributed by atoms with Crippen LogP contribution in [0.15, 0.2) is 0 Å². The van der Waals surface area contributed by atoms with Gasteiger partial charge in [-0.05, 0) is 32.6 Å². The van der Waals surface area contributed by atoms with Gasteiger partial charge in [0, 0.05) is 12.6 Å². The summed E-state index contributed by atoms with van der Waals surface area (Å²) in [6.45, 7) is 8.27. The van der Waals surface area contributed by atoms with Gasteiger partial charge in [-0.1, -0.05) is 13.3 Å². The van der Waals surface area contributed by atoms with Gasteiger partial charge >= 0.3 is 0 Å². The van der Waals surface area contributed by atoms with Crippen LogP contribution in [0.25, 0.3) is 0 Å². The van der Waals surface area contributed by atoms with Crippen LogP contribution in [0.5, 0.6) is 0 Å². The minimum absolute atomic E-state index is 0.00567. The predicted molar refractivity (Wildman–Crippen MR) is 71.1 cm³/mol. The molecule has 1 amide bonds. The molecule has 2 N–H and O–H groups in total. The first-order chi connectivity index (χ1) is 8.43. The molecule has 0 spiro atoms. The van der Waals surface area contributed by atoms with Crippen molar-refractivity contribution in [3.05, 3.63) is 0 Å². The van der Waals surface area contributed by atoms with E-state index in [0.29, 0.717) is 25.7 Å². The molecule has 2 aliphatic rings. The van der Waals surface area contributed by atoms with E-state index in [2.05, 4.69) is 20.8 Å². The molecule has 1 aliphatic carbocycles. The van der Waals surface area contributed by atoms with Gasteiger partial charge in [-0.15, -0.1) is 0 Å². The summed E-state index contributed by atoms with van der Waals surface area (Å²) in [5.41, 5.74) is 6.04. The molecule has 2 rings (SSSR count). The van der Waals surface area contributed by atoms with Crippen molar-refractivity contribution in [2.75, 3.05) is 19.8 Å². The smallest absolute Gasteiger partial charge is 0.227 e. The highest BCUT2D eigenvalue weighted by atomic mass is 16.5. The molecule has 4 nitrogen and oxygen atoms in total. The lowest BCUT2D eigenvalue weighted by Crippen LogP contribution is -2.59. The quantitative estimate of drug-likeness (QED) is 0.769. The number of morpholine rings is 1. The zero-order valence-electron chi connectivity index (χ0n) is 11.8. The van der Waals surface area contributed by atoms with Crippen molar-refractivity contribution in [2.24, 2.45) is 17.6 Å². The molecule has 3 unspecified atom stereocenters. The lowest BCUT2D eigenvalue weighted by atomic mass is 9.77. The van der Waals surface area contributed by atoms with Crippen molar-refractivity contribution in [1.29, 1.82) is 0 Å².